The van der Waals surface area contributed by atoms with Crippen molar-refractivity contribution < 1.29 is 0 Å². The fraction of sp³-hybridized carbons (Fsp3) is 0.421. The van der Waals surface area contributed by atoms with Crippen molar-refractivity contribution in [2.45, 2.75) is 39.8 Å². The SMILES string of the molecule is CN=C(NCc1ccc(C#N)cc1)NC(C)Cc1c(C)nn(C)c1C.I. The second-order valence-electron chi connectivity index (χ2n) is 6.26. The molecule has 2 aromatic rings. The first-order chi connectivity index (χ1) is 11.9. The van der Waals surface area contributed by atoms with Crippen molar-refractivity contribution in [1.29, 1.82) is 5.26 Å². The minimum Gasteiger partial charge on any atom is -0.354 e. The fourth-order valence-electron chi connectivity index (χ4n) is 2.78. The highest BCUT2D eigenvalue weighted by Crippen LogP contribution is 2.14. The van der Waals surface area contributed by atoms with Gasteiger partial charge in [-0.2, -0.15) is 10.4 Å². The molecule has 0 saturated heterocycles. The monoisotopic (exact) mass is 466 g/mol. The summed E-state index contributed by atoms with van der Waals surface area (Å²) in [5, 5.41) is 20.0. The van der Waals surface area contributed by atoms with Crippen molar-refractivity contribution in [3.8, 4) is 6.07 Å². The Balaban J connectivity index is 0.00000338. The molecule has 7 heteroatoms. The second kappa shape index (κ2) is 10.2. The van der Waals surface area contributed by atoms with Gasteiger partial charge in [0, 0.05) is 32.4 Å². The molecule has 2 N–H and O–H groups in total. The van der Waals surface area contributed by atoms with Crippen LogP contribution in [0.25, 0.3) is 0 Å². The van der Waals surface area contributed by atoms with Crippen molar-refractivity contribution in [3.63, 3.8) is 0 Å². The second-order valence-corrected chi connectivity index (χ2v) is 6.26. The molecule has 2 rings (SSSR count). The van der Waals surface area contributed by atoms with Gasteiger partial charge in [0.25, 0.3) is 0 Å². The molecule has 1 atom stereocenters. The summed E-state index contributed by atoms with van der Waals surface area (Å²) < 4.78 is 1.93. The van der Waals surface area contributed by atoms with Crippen LogP contribution >= 0.6 is 24.0 Å². The molecule has 0 fully saturated rings. The van der Waals surface area contributed by atoms with E-state index in [2.05, 4.69) is 40.6 Å². The molecule has 0 spiro atoms. The fourth-order valence-corrected chi connectivity index (χ4v) is 2.78. The van der Waals surface area contributed by atoms with Gasteiger partial charge >= 0.3 is 0 Å². The van der Waals surface area contributed by atoms with Crippen molar-refractivity contribution in [2.24, 2.45) is 12.0 Å². The van der Waals surface area contributed by atoms with E-state index in [1.165, 1.54) is 11.3 Å². The van der Waals surface area contributed by atoms with Gasteiger partial charge < -0.3 is 10.6 Å². The normalized spacial score (nSPS) is 12.1. The van der Waals surface area contributed by atoms with E-state index in [-0.39, 0.29) is 30.0 Å². The summed E-state index contributed by atoms with van der Waals surface area (Å²) >= 11 is 0. The lowest BCUT2D eigenvalue weighted by molar-refractivity contribution is 0.635. The number of nitrogens with zero attached hydrogens (tertiary/aromatic N) is 4. The summed E-state index contributed by atoms with van der Waals surface area (Å²) in [6.07, 6.45) is 0.892. The van der Waals surface area contributed by atoms with Gasteiger partial charge in [0.15, 0.2) is 5.96 Å². The average molecular weight is 466 g/mol. The number of nitrogens with one attached hydrogen (secondary N) is 2. The maximum absolute atomic E-state index is 8.84. The lowest BCUT2D eigenvalue weighted by atomic mass is 10.1. The smallest absolute Gasteiger partial charge is 0.191 e. The standard InChI is InChI=1S/C19H26N6.HI/c1-13(10-18-14(2)24-25(5)15(18)3)23-19(21-4)22-12-17-8-6-16(11-20)7-9-17;/h6-9,13H,10,12H2,1-5H3,(H2,21,22,23);1H. The topological polar surface area (TPSA) is 78.0 Å². The summed E-state index contributed by atoms with van der Waals surface area (Å²) in [6, 6.07) is 9.90. The number of aliphatic imine (C=N–C) groups is 1. The zero-order chi connectivity index (χ0) is 18.4. The third kappa shape index (κ3) is 5.73. The molecule has 0 aliphatic heterocycles. The molecular weight excluding hydrogens is 439 g/mol. The molecule has 0 radical (unpaired) electrons. The summed E-state index contributed by atoms with van der Waals surface area (Å²) in [7, 11) is 3.74. The minimum absolute atomic E-state index is 0. The highest BCUT2D eigenvalue weighted by molar-refractivity contribution is 14.0. The van der Waals surface area contributed by atoms with Crippen LogP contribution in [0.5, 0.6) is 0 Å². The number of hydrogen-bond donors (Lipinski definition) is 2. The maximum atomic E-state index is 8.84. The molecule has 0 bridgehead atoms. The van der Waals surface area contributed by atoms with E-state index in [9.17, 15) is 0 Å². The van der Waals surface area contributed by atoms with E-state index in [1.807, 2.05) is 42.9 Å². The zero-order valence-corrected chi connectivity index (χ0v) is 18.3. The molecule has 0 aliphatic carbocycles. The summed E-state index contributed by atoms with van der Waals surface area (Å²) in [5.41, 5.74) is 5.33. The maximum Gasteiger partial charge on any atom is 0.191 e. The Morgan fingerprint density at radius 2 is 1.96 bits per heavy atom. The molecule has 0 aliphatic rings. The zero-order valence-electron chi connectivity index (χ0n) is 16.0. The molecule has 26 heavy (non-hydrogen) atoms. The van der Waals surface area contributed by atoms with Gasteiger partial charge in [-0.25, -0.2) is 0 Å². The summed E-state index contributed by atoms with van der Waals surface area (Å²) in [6.45, 7) is 6.94. The van der Waals surface area contributed by atoms with E-state index in [1.54, 1.807) is 7.05 Å². The quantitative estimate of drug-likeness (QED) is 0.404. The third-order valence-electron chi connectivity index (χ3n) is 4.32. The van der Waals surface area contributed by atoms with Crippen molar-refractivity contribution >= 4 is 29.9 Å². The van der Waals surface area contributed by atoms with Gasteiger partial charge in [0.05, 0.1) is 17.3 Å². The number of benzene rings is 1. The number of halogens is 1. The largest absolute Gasteiger partial charge is 0.354 e. The van der Waals surface area contributed by atoms with Gasteiger partial charge in [0.1, 0.15) is 0 Å². The van der Waals surface area contributed by atoms with E-state index in [0.717, 1.165) is 23.6 Å². The first-order valence-corrected chi connectivity index (χ1v) is 8.40. The Kier molecular flexibility index (Phi) is 8.58. The van der Waals surface area contributed by atoms with Crippen molar-refractivity contribution in [3.05, 3.63) is 52.3 Å². The van der Waals surface area contributed by atoms with Crippen LogP contribution in [0.15, 0.2) is 29.3 Å². The first kappa shape index (κ1) is 22.0. The Morgan fingerprint density at radius 1 is 1.31 bits per heavy atom. The van der Waals surface area contributed by atoms with E-state index in [4.69, 9.17) is 5.26 Å². The highest BCUT2D eigenvalue weighted by atomic mass is 127. The lowest BCUT2D eigenvalue weighted by Gasteiger charge is -2.18. The van der Waals surface area contributed by atoms with Crippen molar-refractivity contribution in [2.75, 3.05) is 7.05 Å². The highest BCUT2D eigenvalue weighted by Gasteiger charge is 2.13. The number of guanidine groups is 1. The minimum atomic E-state index is 0. The van der Waals surface area contributed by atoms with Gasteiger partial charge in [-0.1, -0.05) is 12.1 Å². The van der Waals surface area contributed by atoms with Crippen LogP contribution in [-0.2, 0) is 20.0 Å². The number of rotatable bonds is 5. The molecule has 140 valence electrons. The van der Waals surface area contributed by atoms with E-state index in [0.29, 0.717) is 12.1 Å². The van der Waals surface area contributed by atoms with Crippen LogP contribution in [0.1, 0.15) is 35.0 Å². The molecular formula is C19H27IN6. The number of hydrogen-bond acceptors (Lipinski definition) is 3. The van der Waals surface area contributed by atoms with E-state index >= 15 is 0 Å². The Morgan fingerprint density at radius 3 is 2.46 bits per heavy atom. The van der Waals surface area contributed by atoms with Gasteiger partial charge in [0.2, 0.25) is 0 Å². The molecule has 0 amide bonds. The average Bonchev–Trinajstić information content (AvgIpc) is 2.85. The Labute approximate surface area is 172 Å². The molecule has 1 heterocycles. The number of aromatic nitrogens is 2. The molecule has 6 nitrogen and oxygen atoms in total. The molecule has 1 aromatic carbocycles. The van der Waals surface area contributed by atoms with Crippen LogP contribution < -0.4 is 10.6 Å². The first-order valence-electron chi connectivity index (χ1n) is 8.40. The molecule has 1 aromatic heterocycles. The van der Waals surface area contributed by atoms with Crippen LogP contribution in [0.4, 0.5) is 0 Å². The summed E-state index contributed by atoms with van der Waals surface area (Å²) in [5.74, 6) is 0.760. The lowest BCUT2D eigenvalue weighted by Crippen LogP contribution is -2.42. The predicted molar refractivity (Wildman–Crippen MR) is 116 cm³/mol. The van der Waals surface area contributed by atoms with Crippen molar-refractivity contribution in [1.82, 2.24) is 20.4 Å². The van der Waals surface area contributed by atoms with Crippen LogP contribution in [-0.4, -0.2) is 28.8 Å². The predicted octanol–water partition coefficient (Wildman–Crippen LogP) is 2.82. The van der Waals surface area contributed by atoms with Crippen LogP contribution in [0.2, 0.25) is 0 Å². The third-order valence-corrected chi connectivity index (χ3v) is 4.32. The van der Waals surface area contributed by atoms with Gasteiger partial charge in [-0.15, -0.1) is 24.0 Å². The van der Waals surface area contributed by atoms with Crippen LogP contribution in [0, 0.1) is 25.2 Å². The number of nitriles is 1. The summed E-state index contributed by atoms with van der Waals surface area (Å²) in [4.78, 5) is 4.29. The molecule has 1 unspecified atom stereocenters. The van der Waals surface area contributed by atoms with Gasteiger partial charge in [-0.3, -0.25) is 9.67 Å². The Hall–Kier alpha value is -2.08. The molecule has 0 saturated carbocycles. The van der Waals surface area contributed by atoms with Gasteiger partial charge in [-0.05, 0) is 50.5 Å². The number of aryl methyl sites for hydroxylation is 2. The Bertz CT molecular complexity index is 786. The van der Waals surface area contributed by atoms with Crippen LogP contribution in [0.3, 0.4) is 0 Å². The van der Waals surface area contributed by atoms with E-state index < -0.39 is 0 Å².